The van der Waals surface area contributed by atoms with Gasteiger partial charge in [0, 0.05) is 35.8 Å². The van der Waals surface area contributed by atoms with Gasteiger partial charge in [0.05, 0.1) is 4.88 Å². The molecule has 2 aliphatic rings. The monoisotopic (exact) mass is 647 g/mol. The number of halogens is 2. The van der Waals surface area contributed by atoms with E-state index in [0.29, 0.717) is 37.2 Å². The molecule has 3 aromatic rings. The number of alkyl halides is 2. The minimum absolute atomic E-state index is 0.0827. The lowest BCUT2D eigenvalue weighted by atomic mass is 9.85. The van der Waals surface area contributed by atoms with Crippen LogP contribution in [0.4, 0.5) is 8.78 Å². The Morgan fingerprint density at radius 2 is 1.73 bits per heavy atom. The van der Waals surface area contributed by atoms with E-state index in [1.165, 1.54) is 17.7 Å². The first-order valence-electron chi connectivity index (χ1n) is 14.5. The van der Waals surface area contributed by atoms with Crippen LogP contribution < -0.4 is 5.32 Å². The van der Waals surface area contributed by atoms with Crippen molar-refractivity contribution >= 4 is 46.7 Å². The molecule has 0 bridgehead atoms. The summed E-state index contributed by atoms with van der Waals surface area (Å²) in [4.78, 5) is 62.8. The van der Waals surface area contributed by atoms with E-state index in [0.717, 1.165) is 29.9 Å². The molecular formula is C31H36F2N3O6PS. The number of rotatable bonds is 7. The van der Waals surface area contributed by atoms with Crippen molar-refractivity contribution < 1.29 is 37.5 Å². The smallest absolute Gasteiger partial charge is 0.340 e. The first-order valence-corrected chi connectivity index (χ1v) is 16.9. The van der Waals surface area contributed by atoms with E-state index in [1.54, 1.807) is 4.90 Å². The van der Waals surface area contributed by atoms with Crippen LogP contribution in [-0.4, -0.2) is 69.0 Å². The van der Waals surface area contributed by atoms with Crippen molar-refractivity contribution in [2.75, 3.05) is 19.6 Å². The number of amides is 3. The number of likely N-dealkylation sites (tertiary alicyclic amines) is 2. The maximum atomic E-state index is 14.3. The molecule has 0 spiro atoms. The fourth-order valence-corrected chi connectivity index (χ4v) is 7.40. The lowest BCUT2D eigenvalue weighted by Crippen LogP contribution is -2.57. The van der Waals surface area contributed by atoms with Gasteiger partial charge in [-0.1, -0.05) is 57.2 Å². The van der Waals surface area contributed by atoms with E-state index < -0.39 is 42.2 Å². The van der Waals surface area contributed by atoms with Crippen molar-refractivity contribution in [1.29, 1.82) is 0 Å². The lowest BCUT2D eigenvalue weighted by molar-refractivity contribution is -0.145. The second-order valence-corrected chi connectivity index (χ2v) is 15.3. The number of carbonyl (C=O) groups excluding carboxylic acids is 3. The number of thiophene rings is 1. The molecule has 236 valence electrons. The first-order chi connectivity index (χ1) is 20.6. The molecule has 3 heterocycles. The van der Waals surface area contributed by atoms with Gasteiger partial charge in [-0.3, -0.25) is 18.9 Å². The zero-order valence-electron chi connectivity index (χ0n) is 24.7. The van der Waals surface area contributed by atoms with Crippen molar-refractivity contribution in [3.8, 4) is 0 Å². The molecule has 9 nitrogen and oxygen atoms in total. The normalized spacial score (nSPS) is 20.2. The molecule has 2 fully saturated rings. The summed E-state index contributed by atoms with van der Waals surface area (Å²) >= 11 is 1.01. The van der Waals surface area contributed by atoms with Gasteiger partial charge >= 0.3 is 13.3 Å². The average molecular weight is 648 g/mol. The standard InChI is InChI=1S/C31H36F2N3O6PS/c1-30(2,3)26(34-27(37)25-17-21-16-22(11-12-24(21)44-25)31(32,33)43(40,41)42)29(39)36-14-7-10-23(36)28(38)35-15-13-20(18-35)19-8-5-4-6-9-19/h4-6,8-9,11-12,16-17,20,23,26H,7,10,13-15,18H2,1-3H3,(H,34,37)(H2,40,41,42)/t20-,23+,26?/m1/s1. The van der Waals surface area contributed by atoms with Crippen LogP contribution in [0.1, 0.15) is 66.8 Å². The van der Waals surface area contributed by atoms with Crippen LogP contribution in [0.25, 0.3) is 10.1 Å². The number of hydrogen-bond donors (Lipinski definition) is 3. The molecule has 3 amide bonds. The number of fused-ring (bicyclic) bond motifs is 1. The molecule has 2 aliphatic heterocycles. The van der Waals surface area contributed by atoms with Crippen LogP contribution in [0.5, 0.6) is 0 Å². The number of nitrogens with one attached hydrogen (secondary N) is 1. The predicted octanol–water partition coefficient (Wildman–Crippen LogP) is 5.28. The quantitative estimate of drug-likeness (QED) is 0.300. The van der Waals surface area contributed by atoms with E-state index in [4.69, 9.17) is 9.79 Å². The zero-order chi connectivity index (χ0) is 32.0. The molecule has 0 saturated carbocycles. The van der Waals surface area contributed by atoms with Gasteiger partial charge in [0.1, 0.15) is 12.1 Å². The molecular weight excluding hydrogens is 611 g/mol. The number of carbonyl (C=O) groups is 3. The fourth-order valence-electron chi connectivity index (χ4n) is 5.98. The maximum Gasteiger partial charge on any atom is 0.399 e. The van der Waals surface area contributed by atoms with Crippen LogP contribution in [0, 0.1) is 5.41 Å². The number of benzene rings is 2. The van der Waals surface area contributed by atoms with E-state index in [1.807, 2.05) is 43.9 Å². The first kappa shape index (κ1) is 32.2. The van der Waals surface area contributed by atoms with E-state index in [9.17, 15) is 27.7 Å². The summed E-state index contributed by atoms with van der Waals surface area (Å²) in [5.74, 6) is -0.784. The molecule has 0 radical (unpaired) electrons. The molecule has 0 aliphatic carbocycles. The molecule has 2 aromatic carbocycles. The van der Waals surface area contributed by atoms with Crippen molar-refractivity contribution in [2.24, 2.45) is 5.41 Å². The van der Waals surface area contributed by atoms with Crippen molar-refractivity contribution in [1.82, 2.24) is 15.1 Å². The fraction of sp³-hybridized carbons (Fsp3) is 0.452. The second kappa shape index (κ2) is 12.0. The predicted molar refractivity (Wildman–Crippen MR) is 164 cm³/mol. The third-order valence-electron chi connectivity index (χ3n) is 8.43. The van der Waals surface area contributed by atoms with Crippen LogP contribution in [0.3, 0.4) is 0 Å². The third-order valence-corrected chi connectivity index (χ3v) is 10.5. The number of hydrogen-bond acceptors (Lipinski definition) is 5. The SMILES string of the molecule is CC(C)(C)C(NC(=O)c1cc2cc(C(F)(F)P(=O)(O)O)ccc2s1)C(=O)N1CCC[C@H]1C(=O)N1CC[C@@H](c2ccccc2)C1. The largest absolute Gasteiger partial charge is 0.399 e. The van der Waals surface area contributed by atoms with Gasteiger partial charge in [-0.15, -0.1) is 11.3 Å². The Bertz CT molecular complexity index is 1620. The topological polar surface area (TPSA) is 127 Å². The summed E-state index contributed by atoms with van der Waals surface area (Å²) in [5, 5.41) is 3.04. The summed E-state index contributed by atoms with van der Waals surface area (Å²) in [6.07, 6.45) is 2.06. The van der Waals surface area contributed by atoms with Gasteiger partial charge < -0.3 is 24.9 Å². The average Bonchev–Trinajstić information content (AvgIpc) is 3.73. The van der Waals surface area contributed by atoms with Crippen molar-refractivity contribution in [3.05, 3.63) is 70.6 Å². The highest BCUT2D eigenvalue weighted by Crippen LogP contribution is 2.59. The Morgan fingerprint density at radius 1 is 1.02 bits per heavy atom. The van der Waals surface area contributed by atoms with Crippen molar-refractivity contribution in [3.63, 3.8) is 0 Å². The Balaban J connectivity index is 1.32. The van der Waals surface area contributed by atoms with E-state index in [2.05, 4.69) is 17.4 Å². The molecule has 5 rings (SSSR count). The van der Waals surface area contributed by atoms with Crippen LogP contribution in [-0.2, 0) is 19.8 Å². The highest BCUT2D eigenvalue weighted by atomic mass is 32.1. The van der Waals surface area contributed by atoms with Gasteiger partial charge in [0.15, 0.2) is 0 Å². The van der Waals surface area contributed by atoms with Gasteiger partial charge in [0.25, 0.3) is 5.91 Å². The molecule has 44 heavy (non-hydrogen) atoms. The highest BCUT2D eigenvalue weighted by Gasteiger charge is 2.50. The molecule has 1 unspecified atom stereocenters. The minimum Gasteiger partial charge on any atom is -0.340 e. The van der Waals surface area contributed by atoms with Crippen molar-refractivity contribution in [2.45, 2.75) is 63.7 Å². The lowest BCUT2D eigenvalue weighted by Gasteiger charge is -2.36. The molecule has 2 saturated heterocycles. The molecule has 13 heteroatoms. The van der Waals surface area contributed by atoms with Gasteiger partial charge in [-0.05, 0) is 53.8 Å². The highest BCUT2D eigenvalue weighted by molar-refractivity contribution is 7.52. The molecule has 1 aromatic heterocycles. The second-order valence-electron chi connectivity index (χ2n) is 12.6. The van der Waals surface area contributed by atoms with Crippen LogP contribution in [0.2, 0.25) is 0 Å². The summed E-state index contributed by atoms with van der Waals surface area (Å²) < 4.78 is 40.3. The zero-order valence-corrected chi connectivity index (χ0v) is 26.4. The summed E-state index contributed by atoms with van der Waals surface area (Å²) in [6, 6.07) is 13.0. The van der Waals surface area contributed by atoms with Crippen LogP contribution >= 0.6 is 18.9 Å². The van der Waals surface area contributed by atoms with Crippen LogP contribution in [0.15, 0.2) is 54.6 Å². The summed E-state index contributed by atoms with van der Waals surface area (Å²) in [6.45, 7) is 7.05. The molecule has 3 atom stereocenters. The Kier molecular flexibility index (Phi) is 8.76. The molecule has 3 N–H and O–H groups in total. The van der Waals surface area contributed by atoms with Gasteiger partial charge in [-0.25, -0.2) is 0 Å². The Hall–Kier alpha value is -3.18. The summed E-state index contributed by atoms with van der Waals surface area (Å²) in [7, 11) is -5.76. The van der Waals surface area contributed by atoms with E-state index >= 15 is 0 Å². The summed E-state index contributed by atoms with van der Waals surface area (Å²) in [5.41, 5.74) is -4.77. The van der Waals surface area contributed by atoms with Gasteiger partial charge in [0.2, 0.25) is 11.8 Å². The minimum atomic E-state index is -5.76. The Labute approximate surface area is 258 Å². The maximum absolute atomic E-state index is 14.3. The third kappa shape index (κ3) is 6.31. The van der Waals surface area contributed by atoms with E-state index in [-0.39, 0.29) is 28.0 Å². The number of nitrogens with zero attached hydrogens (tertiary/aromatic N) is 2. The Morgan fingerprint density at radius 3 is 2.39 bits per heavy atom. The van der Waals surface area contributed by atoms with Gasteiger partial charge in [-0.2, -0.15) is 8.78 Å².